The van der Waals surface area contributed by atoms with Gasteiger partial charge in [0.15, 0.2) is 6.29 Å². The number of aliphatic hydroxyl groups is 5. The van der Waals surface area contributed by atoms with Gasteiger partial charge in [0.2, 0.25) is 5.91 Å². The quantitative estimate of drug-likeness (QED) is 0.0261. The van der Waals surface area contributed by atoms with Crippen molar-refractivity contribution in [2.24, 2.45) is 0 Å². The fourth-order valence-corrected chi connectivity index (χ4v) is 8.40. The van der Waals surface area contributed by atoms with E-state index in [0.717, 1.165) is 64.2 Å². The van der Waals surface area contributed by atoms with E-state index in [2.05, 4.69) is 79.9 Å². The van der Waals surface area contributed by atoms with Crippen LogP contribution in [0.2, 0.25) is 0 Å². The number of ether oxygens (including phenoxy) is 2. The van der Waals surface area contributed by atoms with Crippen LogP contribution in [0.3, 0.4) is 0 Å². The molecule has 1 aliphatic rings. The van der Waals surface area contributed by atoms with Crippen molar-refractivity contribution in [1.82, 2.24) is 5.32 Å². The van der Waals surface area contributed by atoms with E-state index in [1.165, 1.54) is 148 Å². The molecular weight excluding hydrogens is 839 g/mol. The van der Waals surface area contributed by atoms with Gasteiger partial charge in [-0.2, -0.15) is 0 Å². The number of nitrogens with one attached hydrogen (secondary N) is 1. The maximum atomic E-state index is 13.0. The largest absolute Gasteiger partial charge is 0.394 e. The summed E-state index contributed by atoms with van der Waals surface area (Å²) in [4.78, 5) is 13.0. The summed E-state index contributed by atoms with van der Waals surface area (Å²) < 4.78 is 11.2. The van der Waals surface area contributed by atoms with Crippen LogP contribution >= 0.6 is 0 Å². The lowest BCUT2D eigenvalue weighted by molar-refractivity contribution is -0.302. The summed E-state index contributed by atoms with van der Waals surface area (Å²) >= 11 is 0. The maximum Gasteiger partial charge on any atom is 0.220 e. The molecule has 1 saturated heterocycles. The Kier molecular flexibility index (Phi) is 44.2. The standard InChI is InChI=1S/C58H103NO8/c1-3-5-7-9-11-13-15-17-19-21-22-23-24-25-26-27-28-29-30-32-34-36-38-40-42-44-46-48-54(62)59-51(50-66-58-57(65)56(64)55(63)53(49-60)67-58)52(61)47-45-43-41-39-37-35-33-31-20-18-16-14-12-10-8-6-4-2/h5,7,11,13,17,19,22-23,37,39,45,47,51-53,55-58,60-61,63-65H,3-4,6,8-10,12,14-16,18,20-21,24-36,38,40-44,46,48-50H2,1-2H3,(H,59,62)/b7-5-,13-11-,19-17-,23-22-,39-37+,47-45+. The zero-order valence-corrected chi connectivity index (χ0v) is 42.9. The highest BCUT2D eigenvalue weighted by atomic mass is 16.7. The average molecular weight is 942 g/mol. The Balaban J connectivity index is 2.24. The van der Waals surface area contributed by atoms with E-state index in [1.54, 1.807) is 6.08 Å². The van der Waals surface area contributed by atoms with Gasteiger partial charge in [-0.15, -0.1) is 0 Å². The number of rotatable bonds is 46. The van der Waals surface area contributed by atoms with E-state index < -0.39 is 49.5 Å². The Hall–Kier alpha value is -2.37. The van der Waals surface area contributed by atoms with Crippen molar-refractivity contribution in [3.05, 3.63) is 72.9 Å². The summed E-state index contributed by atoms with van der Waals surface area (Å²) in [5, 5.41) is 54.4. The number of hydrogen-bond acceptors (Lipinski definition) is 8. The van der Waals surface area contributed by atoms with Crippen LogP contribution in [-0.2, 0) is 14.3 Å². The molecule has 9 heteroatoms. The average Bonchev–Trinajstić information content (AvgIpc) is 3.33. The van der Waals surface area contributed by atoms with Crippen LogP contribution in [0.15, 0.2) is 72.9 Å². The first kappa shape index (κ1) is 62.6. The monoisotopic (exact) mass is 942 g/mol. The van der Waals surface area contributed by atoms with Crippen LogP contribution in [0.4, 0.5) is 0 Å². The molecule has 0 bridgehead atoms. The van der Waals surface area contributed by atoms with Gasteiger partial charge < -0.3 is 40.3 Å². The second-order valence-corrected chi connectivity index (χ2v) is 19.0. The van der Waals surface area contributed by atoms with Crippen LogP contribution in [0.5, 0.6) is 0 Å². The molecule has 0 aromatic rings. The molecule has 9 nitrogen and oxygen atoms in total. The molecule has 0 aromatic carbocycles. The molecule has 7 atom stereocenters. The topological polar surface area (TPSA) is 149 Å². The lowest BCUT2D eigenvalue weighted by atomic mass is 9.99. The number of allylic oxidation sites excluding steroid dienone is 11. The van der Waals surface area contributed by atoms with E-state index in [4.69, 9.17) is 9.47 Å². The lowest BCUT2D eigenvalue weighted by Crippen LogP contribution is -2.60. The smallest absolute Gasteiger partial charge is 0.220 e. The van der Waals surface area contributed by atoms with Crippen molar-refractivity contribution in [3.63, 3.8) is 0 Å². The summed E-state index contributed by atoms with van der Waals surface area (Å²) in [5.74, 6) is -0.189. The molecule has 1 fully saturated rings. The molecule has 0 radical (unpaired) electrons. The molecule has 6 N–H and O–H groups in total. The SMILES string of the molecule is CC/C=C\C/C=C\C/C=C\C/C=C\CCCCCCCCCCCCCCCCC(=O)NC(COC1OC(CO)C(O)C(O)C1O)C(O)/C=C/CC/C=C/CCCCCCCCCCCCC. The molecule has 0 spiro atoms. The number of unbranched alkanes of at least 4 members (excludes halogenated alkanes) is 26. The Morgan fingerprint density at radius 1 is 0.522 bits per heavy atom. The Morgan fingerprint density at radius 3 is 1.43 bits per heavy atom. The Labute approximate surface area is 410 Å². The van der Waals surface area contributed by atoms with E-state index in [1.807, 2.05) is 6.08 Å². The van der Waals surface area contributed by atoms with Crippen molar-refractivity contribution in [3.8, 4) is 0 Å². The molecule has 67 heavy (non-hydrogen) atoms. The highest BCUT2D eigenvalue weighted by molar-refractivity contribution is 5.76. The van der Waals surface area contributed by atoms with Gasteiger partial charge in [-0.3, -0.25) is 4.79 Å². The molecule has 7 unspecified atom stereocenters. The number of amides is 1. The van der Waals surface area contributed by atoms with Crippen LogP contribution in [0.25, 0.3) is 0 Å². The molecule has 1 aliphatic heterocycles. The first-order valence-corrected chi connectivity index (χ1v) is 27.7. The zero-order chi connectivity index (χ0) is 48.7. The van der Waals surface area contributed by atoms with Crippen LogP contribution in [0.1, 0.15) is 232 Å². The third-order valence-electron chi connectivity index (χ3n) is 12.8. The van der Waals surface area contributed by atoms with Gasteiger partial charge in [-0.05, 0) is 70.6 Å². The first-order chi connectivity index (χ1) is 32.8. The van der Waals surface area contributed by atoms with Gasteiger partial charge in [0.25, 0.3) is 0 Å². The summed E-state index contributed by atoms with van der Waals surface area (Å²) in [5.41, 5.74) is 0. The van der Waals surface area contributed by atoms with Crippen molar-refractivity contribution in [1.29, 1.82) is 0 Å². The van der Waals surface area contributed by atoms with Gasteiger partial charge in [-0.25, -0.2) is 0 Å². The summed E-state index contributed by atoms with van der Waals surface area (Å²) in [6.45, 7) is 3.65. The Morgan fingerprint density at radius 2 is 0.940 bits per heavy atom. The minimum atomic E-state index is -1.57. The molecule has 1 rings (SSSR count). The molecule has 1 heterocycles. The third-order valence-corrected chi connectivity index (χ3v) is 12.8. The van der Waals surface area contributed by atoms with Gasteiger partial charge in [-0.1, -0.05) is 228 Å². The molecule has 0 aromatic heterocycles. The van der Waals surface area contributed by atoms with Crippen LogP contribution in [-0.4, -0.2) is 87.5 Å². The number of aliphatic hydroxyl groups excluding tert-OH is 5. The number of carbonyl (C=O) groups is 1. The fraction of sp³-hybridized carbons (Fsp3) is 0.776. The lowest BCUT2D eigenvalue weighted by Gasteiger charge is -2.40. The van der Waals surface area contributed by atoms with Gasteiger partial charge in [0.05, 0.1) is 25.4 Å². The minimum absolute atomic E-state index is 0.189. The first-order valence-electron chi connectivity index (χ1n) is 27.7. The fourth-order valence-electron chi connectivity index (χ4n) is 8.40. The van der Waals surface area contributed by atoms with E-state index in [-0.39, 0.29) is 12.5 Å². The highest BCUT2D eigenvalue weighted by Gasteiger charge is 2.44. The summed E-state index contributed by atoms with van der Waals surface area (Å²) in [7, 11) is 0. The molecule has 0 saturated carbocycles. The maximum absolute atomic E-state index is 13.0. The van der Waals surface area contributed by atoms with Crippen molar-refractivity contribution < 1.29 is 39.8 Å². The molecule has 0 aliphatic carbocycles. The van der Waals surface area contributed by atoms with Gasteiger partial charge >= 0.3 is 0 Å². The van der Waals surface area contributed by atoms with Crippen LogP contribution in [0, 0.1) is 0 Å². The molecule has 1 amide bonds. The molecular formula is C58H103NO8. The third kappa shape index (κ3) is 37.2. The van der Waals surface area contributed by atoms with Crippen molar-refractivity contribution >= 4 is 5.91 Å². The summed E-state index contributed by atoms with van der Waals surface area (Å²) in [6, 6.07) is -0.825. The molecule has 388 valence electrons. The number of hydrogen-bond donors (Lipinski definition) is 6. The second kappa shape index (κ2) is 47.3. The normalized spacial score (nSPS) is 20.3. The van der Waals surface area contributed by atoms with Crippen molar-refractivity contribution in [2.45, 2.75) is 275 Å². The summed E-state index contributed by atoms with van der Waals surface area (Å²) in [6.07, 6.45) is 58.2. The minimum Gasteiger partial charge on any atom is -0.394 e. The van der Waals surface area contributed by atoms with E-state index >= 15 is 0 Å². The number of carbonyl (C=O) groups excluding carboxylic acids is 1. The predicted molar refractivity (Wildman–Crippen MR) is 281 cm³/mol. The predicted octanol–water partition coefficient (Wildman–Crippen LogP) is 13.3. The van der Waals surface area contributed by atoms with Crippen molar-refractivity contribution in [2.75, 3.05) is 13.2 Å². The second-order valence-electron chi connectivity index (χ2n) is 19.0. The van der Waals surface area contributed by atoms with Crippen LogP contribution < -0.4 is 5.32 Å². The zero-order valence-electron chi connectivity index (χ0n) is 42.9. The Bertz CT molecular complexity index is 1280. The van der Waals surface area contributed by atoms with Gasteiger partial charge in [0.1, 0.15) is 24.4 Å². The highest BCUT2D eigenvalue weighted by Crippen LogP contribution is 2.23. The van der Waals surface area contributed by atoms with Gasteiger partial charge in [0, 0.05) is 6.42 Å². The van der Waals surface area contributed by atoms with E-state index in [0.29, 0.717) is 6.42 Å². The van der Waals surface area contributed by atoms with E-state index in [9.17, 15) is 30.3 Å².